The summed E-state index contributed by atoms with van der Waals surface area (Å²) in [5.41, 5.74) is 10.1. The van der Waals surface area contributed by atoms with Gasteiger partial charge in [-0.15, -0.1) is 5.10 Å². The van der Waals surface area contributed by atoms with Crippen LogP contribution in [0.4, 0.5) is 5.69 Å². The highest BCUT2D eigenvalue weighted by molar-refractivity contribution is 5.70. The van der Waals surface area contributed by atoms with Gasteiger partial charge in [-0.3, -0.25) is 4.98 Å². The Hall–Kier alpha value is -2.69. The fourth-order valence-electron chi connectivity index (χ4n) is 1.96. The maximum Gasteiger partial charge on any atom is 0.115 e. The molecule has 0 fully saturated rings. The molecule has 0 aliphatic rings. The first-order valence-electron chi connectivity index (χ1n) is 5.94. The van der Waals surface area contributed by atoms with Crippen LogP contribution in [0.25, 0.3) is 17.1 Å². The van der Waals surface area contributed by atoms with Crippen molar-refractivity contribution < 1.29 is 0 Å². The molecule has 0 saturated heterocycles. The van der Waals surface area contributed by atoms with Crippen LogP contribution in [0.1, 0.15) is 5.56 Å². The number of para-hydroxylation sites is 1. The Morgan fingerprint density at radius 3 is 2.63 bits per heavy atom. The summed E-state index contributed by atoms with van der Waals surface area (Å²) in [7, 11) is 0. The third kappa shape index (κ3) is 2.06. The molecule has 0 spiro atoms. The van der Waals surface area contributed by atoms with Crippen LogP contribution in [-0.4, -0.2) is 20.0 Å². The largest absolute Gasteiger partial charge is 0.397 e. The number of nitrogen functional groups attached to an aromatic ring is 1. The van der Waals surface area contributed by atoms with Crippen LogP contribution in [-0.2, 0) is 0 Å². The summed E-state index contributed by atoms with van der Waals surface area (Å²) < 4.78 is 1.73. The Balaban J connectivity index is 2.15. The minimum Gasteiger partial charge on any atom is -0.397 e. The van der Waals surface area contributed by atoms with Gasteiger partial charge in [-0.1, -0.05) is 23.4 Å². The third-order valence-corrected chi connectivity index (χ3v) is 2.85. The zero-order chi connectivity index (χ0) is 13.2. The van der Waals surface area contributed by atoms with Crippen molar-refractivity contribution in [3.8, 4) is 17.1 Å². The number of benzene rings is 1. The average Bonchev–Trinajstić information content (AvgIpc) is 2.89. The highest BCUT2D eigenvalue weighted by Gasteiger charge is 2.12. The predicted octanol–water partition coefficient (Wildman–Crippen LogP) is 2.22. The number of hydrogen-bond donors (Lipinski definition) is 1. The predicted molar refractivity (Wildman–Crippen MR) is 73.7 cm³/mol. The van der Waals surface area contributed by atoms with Crippen LogP contribution in [0.5, 0.6) is 0 Å². The van der Waals surface area contributed by atoms with E-state index in [4.69, 9.17) is 5.73 Å². The van der Waals surface area contributed by atoms with Crippen LogP contribution < -0.4 is 5.73 Å². The van der Waals surface area contributed by atoms with Gasteiger partial charge in [0.2, 0.25) is 0 Å². The second-order valence-electron chi connectivity index (χ2n) is 4.32. The zero-order valence-corrected chi connectivity index (χ0v) is 10.5. The molecule has 0 aliphatic carbocycles. The molecule has 0 amide bonds. The number of hydrogen-bond acceptors (Lipinski definition) is 4. The van der Waals surface area contributed by atoms with Gasteiger partial charge in [0.25, 0.3) is 0 Å². The molecule has 0 saturated carbocycles. The van der Waals surface area contributed by atoms with E-state index in [9.17, 15) is 0 Å². The van der Waals surface area contributed by atoms with Gasteiger partial charge in [-0.05, 0) is 30.7 Å². The summed E-state index contributed by atoms with van der Waals surface area (Å²) in [6.45, 7) is 1.96. The number of nitrogens with two attached hydrogens (primary N) is 1. The van der Waals surface area contributed by atoms with E-state index in [0.717, 1.165) is 16.9 Å². The highest BCUT2D eigenvalue weighted by Crippen LogP contribution is 2.25. The van der Waals surface area contributed by atoms with Gasteiger partial charge >= 0.3 is 0 Å². The van der Waals surface area contributed by atoms with Crippen molar-refractivity contribution >= 4 is 5.69 Å². The van der Waals surface area contributed by atoms with Crippen LogP contribution in [0.3, 0.4) is 0 Å². The van der Waals surface area contributed by atoms with Crippen LogP contribution >= 0.6 is 0 Å². The van der Waals surface area contributed by atoms with Crippen LogP contribution in [0, 0.1) is 6.92 Å². The average molecular weight is 251 g/mol. The summed E-state index contributed by atoms with van der Waals surface area (Å²) in [5, 5.41) is 8.05. The minimum atomic E-state index is 0.625. The Morgan fingerprint density at radius 2 is 1.89 bits per heavy atom. The van der Waals surface area contributed by atoms with Crippen LogP contribution in [0.2, 0.25) is 0 Å². The van der Waals surface area contributed by atoms with Gasteiger partial charge in [0.15, 0.2) is 0 Å². The summed E-state index contributed by atoms with van der Waals surface area (Å²) in [4.78, 5) is 4.38. The molecule has 5 nitrogen and oxygen atoms in total. The first-order valence-corrected chi connectivity index (χ1v) is 5.94. The second kappa shape index (κ2) is 4.53. The van der Waals surface area contributed by atoms with Crippen molar-refractivity contribution in [3.63, 3.8) is 0 Å². The van der Waals surface area contributed by atoms with E-state index in [2.05, 4.69) is 15.3 Å². The van der Waals surface area contributed by atoms with Crippen molar-refractivity contribution in [2.75, 3.05) is 5.73 Å². The lowest BCUT2D eigenvalue weighted by atomic mass is 10.2. The lowest BCUT2D eigenvalue weighted by Crippen LogP contribution is -2.02. The number of aryl methyl sites for hydroxylation is 1. The lowest BCUT2D eigenvalue weighted by Gasteiger charge is -2.08. The molecule has 0 bridgehead atoms. The normalized spacial score (nSPS) is 10.6. The van der Waals surface area contributed by atoms with E-state index in [1.807, 2.05) is 43.3 Å². The summed E-state index contributed by atoms with van der Waals surface area (Å²) >= 11 is 0. The Kier molecular flexibility index (Phi) is 2.72. The number of anilines is 1. The molecule has 2 aromatic heterocycles. The first-order chi connectivity index (χ1) is 9.25. The lowest BCUT2D eigenvalue weighted by molar-refractivity contribution is 0.806. The summed E-state index contributed by atoms with van der Waals surface area (Å²) in [5.74, 6) is 0. The van der Waals surface area contributed by atoms with Crippen LogP contribution in [0.15, 0.2) is 48.8 Å². The molecular weight excluding hydrogens is 238 g/mol. The van der Waals surface area contributed by atoms with Gasteiger partial charge in [0.1, 0.15) is 11.4 Å². The number of pyridine rings is 1. The molecule has 3 aromatic rings. The second-order valence-corrected chi connectivity index (χ2v) is 4.32. The molecule has 1 aromatic carbocycles. The zero-order valence-electron chi connectivity index (χ0n) is 10.5. The quantitative estimate of drug-likeness (QED) is 0.758. The third-order valence-electron chi connectivity index (χ3n) is 2.85. The van der Waals surface area contributed by atoms with E-state index in [1.165, 1.54) is 0 Å². The molecule has 0 atom stereocenters. The van der Waals surface area contributed by atoms with Crippen molar-refractivity contribution in [1.29, 1.82) is 0 Å². The molecular formula is C14H13N5. The number of rotatable bonds is 2. The van der Waals surface area contributed by atoms with E-state index < -0.39 is 0 Å². The smallest absolute Gasteiger partial charge is 0.115 e. The van der Waals surface area contributed by atoms with Crippen molar-refractivity contribution in [3.05, 3.63) is 54.4 Å². The number of nitrogens with zero attached hydrogens (tertiary/aromatic N) is 4. The molecule has 2 N–H and O–H groups in total. The Bertz CT molecular complexity index is 703. The van der Waals surface area contributed by atoms with Gasteiger partial charge < -0.3 is 5.73 Å². The van der Waals surface area contributed by atoms with Gasteiger partial charge in [0.05, 0.1) is 17.6 Å². The fourth-order valence-corrected chi connectivity index (χ4v) is 1.96. The Morgan fingerprint density at radius 1 is 1.11 bits per heavy atom. The fraction of sp³-hybridized carbons (Fsp3) is 0.0714. The summed E-state index contributed by atoms with van der Waals surface area (Å²) in [6.07, 6.45) is 3.45. The molecule has 0 unspecified atom stereocenters. The van der Waals surface area contributed by atoms with Crippen molar-refractivity contribution in [2.24, 2.45) is 0 Å². The number of aromatic nitrogens is 4. The summed E-state index contributed by atoms with van der Waals surface area (Å²) in [6, 6.07) is 11.7. The standard InChI is InChI=1S/C14H13N5/c1-10-7-12(15)14(16-8-10)13-9-17-18-19(13)11-5-3-2-4-6-11/h2-9H,15H2,1H3. The highest BCUT2D eigenvalue weighted by atomic mass is 15.4. The van der Waals surface area contributed by atoms with Gasteiger partial charge in [0, 0.05) is 6.20 Å². The van der Waals surface area contributed by atoms with E-state index in [0.29, 0.717) is 11.4 Å². The molecule has 0 aliphatic heterocycles. The Labute approximate surface area is 110 Å². The maximum absolute atomic E-state index is 6.03. The van der Waals surface area contributed by atoms with Crippen molar-refractivity contribution in [2.45, 2.75) is 6.92 Å². The monoisotopic (exact) mass is 251 g/mol. The van der Waals surface area contributed by atoms with Gasteiger partial charge in [-0.25, -0.2) is 4.68 Å². The minimum absolute atomic E-state index is 0.625. The van der Waals surface area contributed by atoms with Crippen molar-refractivity contribution in [1.82, 2.24) is 20.0 Å². The van der Waals surface area contributed by atoms with E-state index in [1.54, 1.807) is 17.1 Å². The molecule has 3 rings (SSSR count). The maximum atomic E-state index is 6.03. The van der Waals surface area contributed by atoms with E-state index >= 15 is 0 Å². The van der Waals surface area contributed by atoms with Gasteiger partial charge in [-0.2, -0.15) is 0 Å². The first kappa shape index (κ1) is 11.4. The molecule has 19 heavy (non-hydrogen) atoms. The topological polar surface area (TPSA) is 69.6 Å². The molecule has 2 heterocycles. The SMILES string of the molecule is Cc1cnc(-c2cnnn2-c2ccccc2)c(N)c1. The van der Waals surface area contributed by atoms with E-state index in [-0.39, 0.29) is 0 Å². The molecule has 0 radical (unpaired) electrons. The molecule has 5 heteroatoms. The molecule has 94 valence electrons.